The number of Topliss-reactive ketones (excluding diaryl/α,β-unsaturated/α-hetero) is 1. The minimum Gasteiger partial charge on any atom is -0.310 e. The molecule has 78 valence electrons. The summed E-state index contributed by atoms with van der Waals surface area (Å²) in [7, 11) is 0. The maximum absolute atomic E-state index is 11.9. The Balaban J connectivity index is 1.51. The molecule has 1 N–H and O–H groups in total. The SMILES string of the molecule is O=C(CCC1CC1)C1CC2CCC1N2. The van der Waals surface area contributed by atoms with Crippen LogP contribution in [0.4, 0.5) is 0 Å². The van der Waals surface area contributed by atoms with Crippen molar-refractivity contribution in [2.75, 3.05) is 0 Å². The summed E-state index contributed by atoms with van der Waals surface area (Å²) in [6, 6.07) is 1.22. The second-order valence-electron chi connectivity index (χ2n) is 5.34. The third kappa shape index (κ3) is 1.60. The highest BCUT2D eigenvalue weighted by Crippen LogP contribution is 2.37. The fourth-order valence-corrected chi connectivity index (χ4v) is 3.12. The zero-order valence-electron chi connectivity index (χ0n) is 8.67. The Labute approximate surface area is 85.4 Å². The van der Waals surface area contributed by atoms with E-state index in [1.807, 2.05) is 0 Å². The highest BCUT2D eigenvalue weighted by atomic mass is 16.1. The van der Waals surface area contributed by atoms with Crippen LogP contribution in [0, 0.1) is 11.8 Å². The topological polar surface area (TPSA) is 29.1 Å². The Bertz CT molecular complexity index is 247. The van der Waals surface area contributed by atoms with E-state index in [2.05, 4.69) is 5.32 Å². The molecule has 3 aliphatic rings. The molecular weight excluding hydrogens is 174 g/mol. The smallest absolute Gasteiger partial charge is 0.137 e. The molecule has 2 bridgehead atoms. The first-order valence-corrected chi connectivity index (χ1v) is 6.11. The molecule has 0 amide bonds. The summed E-state index contributed by atoms with van der Waals surface area (Å²) < 4.78 is 0. The van der Waals surface area contributed by atoms with Crippen LogP contribution in [0.25, 0.3) is 0 Å². The van der Waals surface area contributed by atoms with Crippen LogP contribution >= 0.6 is 0 Å². The molecule has 0 aromatic carbocycles. The quantitative estimate of drug-likeness (QED) is 0.738. The molecule has 3 atom stereocenters. The highest BCUT2D eigenvalue weighted by molar-refractivity contribution is 5.82. The van der Waals surface area contributed by atoms with E-state index in [1.54, 1.807) is 0 Å². The second kappa shape index (κ2) is 3.34. The predicted molar refractivity (Wildman–Crippen MR) is 55.0 cm³/mol. The van der Waals surface area contributed by atoms with Gasteiger partial charge in [-0.15, -0.1) is 0 Å². The van der Waals surface area contributed by atoms with Crippen molar-refractivity contribution in [2.24, 2.45) is 11.8 Å². The molecular formula is C12H19NO. The molecule has 1 aliphatic carbocycles. The number of carbonyl (C=O) groups excluding carboxylic acids is 1. The summed E-state index contributed by atoms with van der Waals surface area (Å²) in [6.45, 7) is 0. The van der Waals surface area contributed by atoms with Gasteiger partial charge in [-0.25, -0.2) is 0 Å². The number of rotatable bonds is 4. The van der Waals surface area contributed by atoms with Crippen LogP contribution in [-0.2, 0) is 4.79 Å². The van der Waals surface area contributed by atoms with E-state index in [4.69, 9.17) is 0 Å². The largest absolute Gasteiger partial charge is 0.310 e. The fraction of sp³-hybridized carbons (Fsp3) is 0.917. The Morgan fingerprint density at radius 2 is 2.07 bits per heavy atom. The van der Waals surface area contributed by atoms with E-state index in [-0.39, 0.29) is 0 Å². The van der Waals surface area contributed by atoms with Gasteiger partial charge in [-0.05, 0) is 31.6 Å². The summed E-state index contributed by atoms with van der Waals surface area (Å²) in [4.78, 5) is 11.9. The Morgan fingerprint density at radius 1 is 1.21 bits per heavy atom. The van der Waals surface area contributed by atoms with Crippen molar-refractivity contribution in [1.29, 1.82) is 0 Å². The lowest BCUT2D eigenvalue weighted by atomic mass is 9.84. The number of hydrogen-bond acceptors (Lipinski definition) is 2. The average Bonchev–Trinajstić information content (AvgIpc) is 2.79. The Kier molecular flexibility index (Phi) is 2.12. The molecule has 0 aromatic rings. The van der Waals surface area contributed by atoms with E-state index < -0.39 is 0 Å². The van der Waals surface area contributed by atoms with E-state index in [0.29, 0.717) is 23.8 Å². The molecule has 3 unspecified atom stereocenters. The van der Waals surface area contributed by atoms with Gasteiger partial charge in [0.05, 0.1) is 0 Å². The second-order valence-corrected chi connectivity index (χ2v) is 5.34. The van der Waals surface area contributed by atoms with E-state index in [9.17, 15) is 4.79 Å². The monoisotopic (exact) mass is 193 g/mol. The molecule has 2 heterocycles. The summed E-state index contributed by atoms with van der Waals surface area (Å²) in [5.74, 6) is 1.84. The molecule has 2 heteroatoms. The van der Waals surface area contributed by atoms with Crippen molar-refractivity contribution in [3.63, 3.8) is 0 Å². The van der Waals surface area contributed by atoms with Crippen LogP contribution in [0.1, 0.15) is 44.9 Å². The minimum atomic E-state index is 0.382. The van der Waals surface area contributed by atoms with Gasteiger partial charge in [0, 0.05) is 24.4 Å². The van der Waals surface area contributed by atoms with Crippen molar-refractivity contribution in [3.8, 4) is 0 Å². The zero-order chi connectivity index (χ0) is 9.54. The molecule has 3 fully saturated rings. The summed E-state index contributed by atoms with van der Waals surface area (Å²) in [5, 5.41) is 3.54. The van der Waals surface area contributed by atoms with Crippen LogP contribution in [-0.4, -0.2) is 17.9 Å². The molecule has 14 heavy (non-hydrogen) atoms. The van der Waals surface area contributed by atoms with Gasteiger partial charge in [0.1, 0.15) is 5.78 Å². The van der Waals surface area contributed by atoms with Crippen molar-refractivity contribution in [1.82, 2.24) is 5.32 Å². The van der Waals surface area contributed by atoms with Crippen molar-refractivity contribution < 1.29 is 4.79 Å². The maximum Gasteiger partial charge on any atom is 0.137 e. The minimum absolute atomic E-state index is 0.382. The number of nitrogens with one attached hydrogen (secondary N) is 1. The van der Waals surface area contributed by atoms with Crippen LogP contribution in [0.15, 0.2) is 0 Å². The molecule has 2 saturated heterocycles. The number of ketones is 1. The van der Waals surface area contributed by atoms with Crippen LogP contribution in [0.2, 0.25) is 0 Å². The van der Waals surface area contributed by atoms with Crippen LogP contribution in [0.5, 0.6) is 0 Å². The van der Waals surface area contributed by atoms with Gasteiger partial charge < -0.3 is 5.32 Å². The standard InChI is InChI=1S/C12H19NO/c14-12(6-3-8-1-2-8)10-7-9-4-5-11(10)13-9/h8-11,13H,1-7H2. The molecule has 1 saturated carbocycles. The van der Waals surface area contributed by atoms with Gasteiger partial charge in [-0.3, -0.25) is 4.79 Å². The van der Waals surface area contributed by atoms with Crippen LogP contribution in [0.3, 0.4) is 0 Å². The number of hydrogen-bond donors (Lipinski definition) is 1. The summed E-state index contributed by atoms with van der Waals surface area (Å²) in [5.41, 5.74) is 0. The first-order valence-electron chi connectivity index (χ1n) is 6.11. The highest BCUT2D eigenvalue weighted by Gasteiger charge is 2.42. The van der Waals surface area contributed by atoms with E-state index in [0.717, 1.165) is 18.8 Å². The fourth-order valence-electron chi connectivity index (χ4n) is 3.12. The molecule has 0 aromatic heterocycles. The first-order chi connectivity index (χ1) is 6.83. The summed E-state index contributed by atoms with van der Waals surface area (Å²) >= 11 is 0. The zero-order valence-corrected chi connectivity index (χ0v) is 8.67. The maximum atomic E-state index is 11.9. The lowest BCUT2D eigenvalue weighted by Gasteiger charge is -2.18. The predicted octanol–water partition coefficient (Wildman–Crippen LogP) is 1.89. The third-order valence-corrected chi connectivity index (χ3v) is 4.21. The van der Waals surface area contributed by atoms with E-state index >= 15 is 0 Å². The van der Waals surface area contributed by atoms with Gasteiger partial charge >= 0.3 is 0 Å². The van der Waals surface area contributed by atoms with Gasteiger partial charge in [-0.1, -0.05) is 12.8 Å². The Hall–Kier alpha value is -0.370. The summed E-state index contributed by atoms with van der Waals surface area (Å²) in [6.07, 6.45) is 8.47. The molecule has 0 radical (unpaired) electrons. The molecule has 2 aliphatic heterocycles. The molecule has 2 nitrogen and oxygen atoms in total. The first kappa shape index (κ1) is 8.90. The van der Waals surface area contributed by atoms with E-state index in [1.165, 1.54) is 32.1 Å². The lowest BCUT2D eigenvalue weighted by Crippen LogP contribution is -2.28. The lowest BCUT2D eigenvalue weighted by molar-refractivity contribution is -0.123. The van der Waals surface area contributed by atoms with Crippen LogP contribution < -0.4 is 5.32 Å². The van der Waals surface area contributed by atoms with Crippen molar-refractivity contribution in [3.05, 3.63) is 0 Å². The number of fused-ring (bicyclic) bond motifs is 2. The third-order valence-electron chi connectivity index (χ3n) is 4.21. The number of carbonyl (C=O) groups is 1. The Morgan fingerprint density at radius 3 is 2.64 bits per heavy atom. The average molecular weight is 193 g/mol. The van der Waals surface area contributed by atoms with Crippen molar-refractivity contribution >= 4 is 5.78 Å². The van der Waals surface area contributed by atoms with Gasteiger partial charge in [-0.2, -0.15) is 0 Å². The van der Waals surface area contributed by atoms with Gasteiger partial charge in [0.2, 0.25) is 0 Å². The van der Waals surface area contributed by atoms with Crippen molar-refractivity contribution in [2.45, 2.75) is 57.0 Å². The molecule has 3 rings (SSSR count). The van der Waals surface area contributed by atoms with Gasteiger partial charge in [0.25, 0.3) is 0 Å². The normalized spacial score (nSPS) is 40.4. The molecule has 0 spiro atoms. The van der Waals surface area contributed by atoms with Gasteiger partial charge in [0.15, 0.2) is 0 Å².